The molecule has 0 saturated heterocycles. The Hall–Kier alpha value is -2.96. The van der Waals surface area contributed by atoms with Gasteiger partial charge in [0, 0.05) is 18.1 Å². The van der Waals surface area contributed by atoms with Crippen molar-refractivity contribution in [2.24, 2.45) is 0 Å². The fourth-order valence-corrected chi connectivity index (χ4v) is 3.09. The van der Waals surface area contributed by atoms with Crippen LogP contribution in [0.3, 0.4) is 0 Å². The molecule has 1 heterocycles. The number of phenolic OH excluding ortho intramolecular Hbond substituents is 1. The Kier molecular flexibility index (Phi) is 6.94. The van der Waals surface area contributed by atoms with Crippen LogP contribution in [0, 0.1) is 5.82 Å². The monoisotopic (exact) mass is 384 g/mol. The molecule has 28 heavy (non-hydrogen) atoms. The van der Waals surface area contributed by atoms with Crippen LogP contribution in [0.2, 0.25) is 0 Å². The lowest BCUT2D eigenvalue weighted by Gasteiger charge is -2.14. The number of hydrogen-bond acceptors (Lipinski definition) is 5. The van der Waals surface area contributed by atoms with Crippen molar-refractivity contribution < 1.29 is 14.2 Å². The zero-order valence-corrected chi connectivity index (χ0v) is 16.0. The zero-order valence-electron chi connectivity index (χ0n) is 16.0. The number of unbranched alkanes of at least 4 members (excludes halogenated alkanes) is 3. The van der Waals surface area contributed by atoms with Crippen molar-refractivity contribution in [2.45, 2.75) is 45.4 Å². The summed E-state index contributed by atoms with van der Waals surface area (Å²) in [5.74, 6) is 1.30. The summed E-state index contributed by atoms with van der Waals surface area (Å²) in [5, 5.41) is 24.3. The average molecular weight is 384 g/mol. The molecule has 0 aliphatic heterocycles. The molecule has 0 saturated carbocycles. The van der Waals surface area contributed by atoms with Gasteiger partial charge < -0.3 is 9.84 Å². The van der Waals surface area contributed by atoms with E-state index in [4.69, 9.17) is 4.74 Å². The first kappa shape index (κ1) is 19.8. The van der Waals surface area contributed by atoms with Crippen LogP contribution in [-0.2, 0) is 12.8 Å². The molecule has 0 aliphatic carbocycles. The van der Waals surface area contributed by atoms with Crippen LogP contribution >= 0.6 is 0 Å². The van der Waals surface area contributed by atoms with Gasteiger partial charge in [-0.3, -0.25) is 0 Å². The minimum absolute atomic E-state index is 0.138. The summed E-state index contributed by atoms with van der Waals surface area (Å²) in [6.45, 7) is 2.65. The van der Waals surface area contributed by atoms with Gasteiger partial charge in [0.05, 0.1) is 6.61 Å². The number of phenols is 1. The molecule has 0 atom stereocenters. The normalized spacial score (nSPS) is 10.9. The van der Waals surface area contributed by atoms with E-state index in [1.807, 2.05) is 13.0 Å². The highest BCUT2D eigenvalue weighted by Gasteiger charge is 2.11. The van der Waals surface area contributed by atoms with Gasteiger partial charge in [0.15, 0.2) is 5.82 Å². The second kappa shape index (κ2) is 9.82. The number of tetrazole rings is 1. The molecule has 6 nitrogen and oxygen atoms in total. The fourth-order valence-electron chi connectivity index (χ4n) is 3.09. The maximum atomic E-state index is 13.1. The highest BCUT2D eigenvalue weighted by Crippen LogP contribution is 2.36. The number of ether oxygens (including phenoxy) is 1. The van der Waals surface area contributed by atoms with Crippen LogP contribution in [0.5, 0.6) is 11.5 Å². The van der Waals surface area contributed by atoms with Gasteiger partial charge >= 0.3 is 0 Å². The summed E-state index contributed by atoms with van der Waals surface area (Å²) in [6, 6.07) is 9.70. The van der Waals surface area contributed by atoms with E-state index >= 15 is 0 Å². The van der Waals surface area contributed by atoms with Gasteiger partial charge in [-0.2, -0.15) is 5.21 Å². The third-order valence-corrected chi connectivity index (χ3v) is 4.66. The lowest BCUT2D eigenvalue weighted by molar-refractivity contribution is 0.300. The van der Waals surface area contributed by atoms with Crippen LogP contribution in [0.15, 0.2) is 36.4 Å². The van der Waals surface area contributed by atoms with E-state index in [9.17, 15) is 9.50 Å². The van der Waals surface area contributed by atoms with E-state index in [1.165, 1.54) is 12.1 Å². The molecule has 0 fully saturated rings. The van der Waals surface area contributed by atoms with Gasteiger partial charge in [-0.05, 0) is 48.6 Å². The molecule has 2 N–H and O–H groups in total. The predicted octanol–water partition coefficient (Wildman–Crippen LogP) is 4.46. The van der Waals surface area contributed by atoms with Gasteiger partial charge in [0.25, 0.3) is 0 Å². The largest absolute Gasteiger partial charge is 0.507 e. The van der Waals surface area contributed by atoms with Crippen molar-refractivity contribution in [3.8, 4) is 22.6 Å². The number of nitrogens with one attached hydrogen (secondary N) is 1. The number of aromatic amines is 1. The van der Waals surface area contributed by atoms with Crippen molar-refractivity contribution in [3.05, 3.63) is 53.6 Å². The topological polar surface area (TPSA) is 83.9 Å². The molecule has 2 aromatic carbocycles. The quantitative estimate of drug-likeness (QED) is 0.504. The van der Waals surface area contributed by atoms with Crippen LogP contribution in [0.4, 0.5) is 4.39 Å². The number of aromatic nitrogens is 4. The lowest BCUT2D eigenvalue weighted by atomic mass is 10.00. The Labute approximate surface area is 163 Å². The minimum Gasteiger partial charge on any atom is -0.507 e. The smallest absolute Gasteiger partial charge is 0.174 e. The molecule has 1 aromatic heterocycles. The van der Waals surface area contributed by atoms with Crippen LogP contribution in [0.25, 0.3) is 11.1 Å². The second-order valence-electron chi connectivity index (χ2n) is 6.68. The van der Waals surface area contributed by atoms with E-state index in [2.05, 4.69) is 20.6 Å². The summed E-state index contributed by atoms with van der Waals surface area (Å²) in [4.78, 5) is 0. The third kappa shape index (κ3) is 5.28. The number of hydrogen-bond donors (Lipinski definition) is 2. The Balaban J connectivity index is 1.50. The molecular weight excluding hydrogens is 359 g/mol. The molecule has 0 radical (unpaired) electrons. The Morgan fingerprint density at radius 3 is 2.57 bits per heavy atom. The van der Waals surface area contributed by atoms with Crippen molar-refractivity contribution in [2.75, 3.05) is 6.61 Å². The Morgan fingerprint density at radius 2 is 1.86 bits per heavy atom. The number of aromatic hydroxyl groups is 1. The first-order chi connectivity index (χ1) is 13.7. The SMILES string of the molecule is CCc1cc(-c2ccc(F)cc2)c(O)cc1OCCCCCCc1nn[nH]n1. The van der Waals surface area contributed by atoms with Gasteiger partial charge in [-0.25, -0.2) is 4.39 Å². The van der Waals surface area contributed by atoms with Gasteiger partial charge in [0.1, 0.15) is 17.3 Å². The van der Waals surface area contributed by atoms with Crippen molar-refractivity contribution in [3.63, 3.8) is 0 Å². The molecule has 0 aliphatic rings. The number of nitrogens with zero attached hydrogens (tertiary/aromatic N) is 3. The summed E-state index contributed by atoms with van der Waals surface area (Å²) in [6.07, 6.45) is 5.71. The van der Waals surface area contributed by atoms with Gasteiger partial charge in [-0.15, -0.1) is 10.2 Å². The number of H-pyrrole nitrogens is 1. The van der Waals surface area contributed by atoms with Gasteiger partial charge in [0.2, 0.25) is 0 Å². The molecule has 0 amide bonds. The zero-order chi connectivity index (χ0) is 19.8. The minimum atomic E-state index is -0.295. The van der Waals surface area contributed by atoms with Crippen molar-refractivity contribution in [1.82, 2.24) is 20.6 Å². The molecule has 3 aromatic rings. The molecular formula is C21H25FN4O2. The average Bonchev–Trinajstić information content (AvgIpc) is 3.22. The summed E-state index contributed by atoms with van der Waals surface area (Å²) in [7, 11) is 0. The maximum Gasteiger partial charge on any atom is 0.174 e. The number of aryl methyl sites for hydroxylation is 2. The molecule has 0 spiro atoms. The third-order valence-electron chi connectivity index (χ3n) is 4.66. The molecule has 3 rings (SSSR count). The van der Waals surface area contributed by atoms with Crippen molar-refractivity contribution >= 4 is 0 Å². The number of benzene rings is 2. The van der Waals surface area contributed by atoms with Crippen LogP contribution in [-0.4, -0.2) is 32.3 Å². The highest BCUT2D eigenvalue weighted by atomic mass is 19.1. The molecule has 7 heteroatoms. The second-order valence-corrected chi connectivity index (χ2v) is 6.68. The van der Waals surface area contributed by atoms with Crippen LogP contribution < -0.4 is 4.74 Å². The van der Waals surface area contributed by atoms with Gasteiger partial charge in [-0.1, -0.05) is 37.1 Å². The summed E-state index contributed by atoms with van der Waals surface area (Å²) in [5.41, 5.74) is 2.49. The van der Waals surface area contributed by atoms with E-state index in [1.54, 1.807) is 18.2 Å². The summed E-state index contributed by atoms with van der Waals surface area (Å²) >= 11 is 0. The Bertz CT molecular complexity index is 867. The van der Waals surface area contributed by atoms with Crippen molar-refractivity contribution in [1.29, 1.82) is 0 Å². The molecule has 0 bridgehead atoms. The maximum absolute atomic E-state index is 13.1. The lowest BCUT2D eigenvalue weighted by Crippen LogP contribution is -2.01. The van der Waals surface area contributed by atoms with Crippen LogP contribution in [0.1, 0.15) is 44.0 Å². The molecule has 148 valence electrons. The van der Waals surface area contributed by atoms with E-state index in [0.717, 1.165) is 55.5 Å². The number of rotatable bonds is 10. The Morgan fingerprint density at radius 1 is 1.07 bits per heavy atom. The fraction of sp³-hybridized carbons (Fsp3) is 0.381. The van der Waals surface area contributed by atoms with E-state index in [-0.39, 0.29) is 11.6 Å². The summed E-state index contributed by atoms with van der Waals surface area (Å²) < 4.78 is 19.1. The van der Waals surface area contributed by atoms with E-state index in [0.29, 0.717) is 17.9 Å². The standard InChI is InChI=1S/C21H25FN4O2/c1-2-15-13-18(16-8-10-17(22)11-9-16)19(27)14-20(15)28-12-6-4-3-5-7-21-23-25-26-24-21/h8-11,13-14,27H,2-7,12H2,1H3,(H,23,24,25,26). The first-order valence-electron chi connectivity index (χ1n) is 9.64. The highest BCUT2D eigenvalue weighted by molar-refractivity contribution is 5.72. The predicted molar refractivity (Wildman–Crippen MR) is 105 cm³/mol. The first-order valence-corrected chi connectivity index (χ1v) is 9.64. The molecule has 0 unspecified atom stereocenters. The van der Waals surface area contributed by atoms with E-state index < -0.39 is 0 Å². The number of halogens is 1.